The number of aryl methyl sites for hydroxylation is 1. The van der Waals surface area contributed by atoms with Crippen molar-refractivity contribution in [1.82, 2.24) is 5.32 Å². The first kappa shape index (κ1) is 19.4. The predicted molar refractivity (Wildman–Crippen MR) is 82.0 cm³/mol. The van der Waals surface area contributed by atoms with Crippen molar-refractivity contribution >= 4 is 33.4 Å². The molecular formula is C14H16BrF3N2O3. The van der Waals surface area contributed by atoms with Gasteiger partial charge in [-0.05, 0) is 30.7 Å². The van der Waals surface area contributed by atoms with Gasteiger partial charge in [0.05, 0.1) is 13.2 Å². The molecule has 0 saturated carbocycles. The van der Waals surface area contributed by atoms with Gasteiger partial charge in [-0.2, -0.15) is 13.2 Å². The SMILES string of the molecule is Cc1cc(Br)ccc1NC(=O)CNC(=O)CCOCC(F)(F)F. The van der Waals surface area contributed by atoms with E-state index in [1.165, 1.54) is 0 Å². The molecule has 0 aliphatic rings. The molecule has 1 aromatic rings. The van der Waals surface area contributed by atoms with Crippen LogP contribution in [0.2, 0.25) is 0 Å². The molecule has 0 heterocycles. The Labute approximate surface area is 139 Å². The zero-order chi connectivity index (χ0) is 17.5. The van der Waals surface area contributed by atoms with Crippen LogP contribution in [0.25, 0.3) is 0 Å². The quantitative estimate of drug-likeness (QED) is 0.696. The van der Waals surface area contributed by atoms with E-state index in [-0.39, 0.29) is 19.6 Å². The highest BCUT2D eigenvalue weighted by molar-refractivity contribution is 9.10. The van der Waals surface area contributed by atoms with Gasteiger partial charge in [-0.15, -0.1) is 0 Å². The van der Waals surface area contributed by atoms with Crippen LogP contribution in [-0.4, -0.2) is 37.7 Å². The third-order valence-electron chi connectivity index (χ3n) is 2.65. The Balaban J connectivity index is 2.26. The van der Waals surface area contributed by atoms with Crippen LogP contribution in [0, 0.1) is 6.92 Å². The minimum absolute atomic E-state index is 0.249. The van der Waals surface area contributed by atoms with E-state index in [4.69, 9.17) is 0 Å². The molecule has 2 amide bonds. The van der Waals surface area contributed by atoms with E-state index in [2.05, 4.69) is 31.3 Å². The Morgan fingerprint density at radius 2 is 1.96 bits per heavy atom. The van der Waals surface area contributed by atoms with Crippen LogP contribution in [0.4, 0.5) is 18.9 Å². The van der Waals surface area contributed by atoms with E-state index in [1.54, 1.807) is 12.1 Å². The summed E-state index contributed by atoms with van der Waals surface area (Å²) in [4.78, 5) is 23.1. The molecular weight excluding hydrogens is 381 g/mol. The van der Waals surface area contributed by atoms with Crippen molar-refractivity contribution in [1.29, 1.82) is 0 Å². The highest BCUT2D eigenvalue weighted by atomic mass is 79.9. The number of hydrogen-bond donors (Lipinski definition) is 2. The fourth-order valence-corrected chi connectivity index (χ4v) is 2.06. The topological polar surface area (TPSA) is 67.4 Å². The smallest absolute Gasteiger partial charge is 0.372 e. The number of nitrogens with one attached hydrogen (secondary N) is 2. The van der Waals surface area contributed by atoms with E-state index < -0.39 is 24.6 Å². The molecule has 0 aromatic heterocycles. The summed E-state index contributed by atoms with van der Waals surface area (Å²) in [7, 11) is 0. The molecule has 5 nitrogen and oxygen atoms in total. The summed E-state index contributed by atoms with van der Waals surface area (Å²) in [6.07, 6.45) is -4.67. The Morgan fingerprint density at radius 3 is 2.57 bits per heavy atom. The normalized spacial score (nSPS) is 11.2. The van der Waals surface area contributed by atoms with Crippen molar-refractivity contribution in [2.45, 2.75) is 19.5 Å². The lowest BCUT2D eigenvalue weighted by Gasteiger charge is -2.10. The zero-order valence-electron chi connectivity index (χ0n) is 12.3. The molecule has 0 bridgehead atoms. The molecule has 0 saturated heterocycles. The van der Waals surface area contributed by atoms with E-state index in [9.17, 15) is 22.8 Å². The molecule has 0 aliphatic carbocycles. The van der Waals surface area contributed by atoms with Crippen LogP contribution in [0.15, 0.2) is 22.7 Å². The van der Waals surface area contributed by atoms with Crippen molar-refractivity contribution in [2.24, 2.45) is 0 Å². The van der Waals surface area contributed by atoms with Crippen LogP contribution >= 0.6 is 15.9 Å². The monoisotopic (exact) mass is 396 g/mol. The summed E-state index contributed by atoms with van der Waals surface area (Å²) in [6, 6.07) is 5.30. The zero-order valence-corrected chi connectivity index (χ0v) is 13.9. The van der Waals surface area contributed by atoms with Crippen LogP contribution in [-0.2, 0) is 14.3 Å². The van der Waals surface area contributed by atoms with Gasteiger partial charge in [-0.1, -0.05) is 15.9 Å². The number of carbonyl (C=O) groups excluding carboxylic acids is 2. The molecule has 1 aromatic carbocycles. The molecule has 1 rings (SSSR count). The first-order chi connectivity index (χ1) is 10.7. The highest BCUT2D eigenvalue weighted by Crippen LogP contribution is 2.19. The first-order valence-electron chi connectivity index (χ1n) is 6.64. The van der Waals surface area contributed by atoms with E-state index in [0.29, 0.717) is 5.69 Å². The van der Waals surface area contributed by atoms with Gasteiger partial charge in [-0.25, -0.2) is 0 Å². The number of alkyl halides is 3. The number of halogens is 4. The van der Waals surface area contributed by atoms with Gasteiger partial charge in [0.2, 0.25) is 11.8 Å². The summed E-state index contributed by atoms with van der Waals surface area (Å²) in [5.74, 6) is -0.991. The van der Waals surface area contributed by atoms with Crippen molar-refractivity contribution in [2.75, 3.05) is 25.1 Å². The predicted octanol–water partition coefficient (Wildman–Crippen LogP) is 2.78. The number of rotatable bonds is 7. The largest absolute Gasteiger partial charge is 0.411 e. The molecule has 0 aliphatic heterocycles. The summed E-state index contributed by atoms with van der Waals surface area (Å²) >= 11 is 3.30. The molecule has 23 heavy (non-hydrogen) atoms. The molecule has 9 heteroatoms. The molecule has 128 valence electrons. The Morgan fingerprint density at radius 1 is 1.26 bits per heavy atom. The summed E-state index contributed by atoms with van der Waals surface area (Å²) in [5.41, 5.74) is 1.46. The number of anilines is 1. The van der Waals surface area contributed by atoms with Gasteiger partial charge >= 0.3 is 6.18 Å². The molecule has 0 spiro atoms. The van der Waals surface area contributed by atoms with Crippen molar-refractivity contribution in [3.63, 3.8) is 0 Å². The Bertz CT molecular complexity index is 565. The third-order valence-corrected chi connectivity index (χ3v) is 3.14. The second-order valence-electron chi connectivity index (χ2n) is 4.70. The minimum atomic E-state index is -4.42. The minimum Gasteiger partial charge on any atom is -0.372 e. The van der Waals surface area contributed by atoms with Gasteiger partial charge < -0.3 is 15.4 Å². The standard InChI is InChI=1S/C14H16BrF3N2O3/c1-9-6-10(15)2-3-11(9)20-13(22)7-19-12(21)4-5-23-8-14(16,17)18/h2-3,6H,4-5,7-8H2,1H3,(H,19,21)(H,20,22). The Hall–Kier alpha value is -1.61. The van der Waals surface area contributed by atoms with Crippen molar-refractivity contribution in [3.05, 3.63) is 28.2 Å². The molecule has 0 fully saturated rings. The molecule has 2 N–H and O–H groups in total. The van der Waals surface area contributed by atoms with Crippen LogP contribution < -0.4 is 10.6 Å². The number of carbonyl (C=O) groups is 2. The number of benzene rings is 1. The maximum absolute atomic E-state index is 11.8. The average Bonchev–Trinajstić information content (AvgIpc) is 2.43. The number of ether oxygens (including phenoxy) is 1. The van der Waals surface area contributed by atoms with E-state index in [1.807, 2.05) is 13.0 Å². The fraction of sp³-hybridized carbons (Fsp3) is 0.429. The van der Waals surface area contributed by atoms with Crippen molar-refractivity contribution in [3.8, 4) is 0 Å². The van der Waals surface area contributed by atoms with Gasteiger partial charge in [-0.3, -0.25) is 9.59 Å². The number of hydrogen-bond acceptors (Lipinski definition) is 3. The molecule has 0 unspecified atom stereocenters. The fourth-order valence-electron chi connectivity index (χ4n) is 1.58. The van der Waals surface area contributed by atoms with Gasteiger partial charge in [0, 0.05) is 16.6 Å². The Kier molecular flexibility index (Phi) is 7.50. The van der Waals surface area contributed by atoms with Crippen LogP contribution in [0.5, 0.6) is 0 Å². The van der Waals surface area contributed by atoms with Gasteiger partial charge in [0.15, 0.2) is 0 Å². The summed E-state index contributed by atoms with van der Waals surface area (Å²) in [5, 5.41) is 4.94. The average molecular weight is 397 g/mol. The van der Waals surface area contributed by atoms with Crippen LogP contribution in [0.1, 0.15) is 12.0 Å². The maximum Gasteiger partial charge on any atom is 0.411 e. The summed E-state index contributed by atoms with van der Waals surface area (Å²) < 4.78 is 40.6. The third kappa shape index (κ3) is 8.56. The second kappa shape index (κ2) is 8.88. The second-order valence-corrected chi connectivity index (χ2v) is 5.62. The van der Waals surface area contributed by atoms with Crippen LogP contribution in [0.3, 0.4) is 0 Å². The summed E-state index contributed by atoms with van der Waals surface area (Å²) in [6.45, 7) is -0.215. The first-order valence-corrected chi connectivity index (χ1v) is 7.44. The molecule has 0 atom stereocenters. The highest BCUT2D eigenvalue weighted by Gasteiger charge is 2.27. The number of amides is 2. The van der Waals surface area contributed by atoms with Gasteiger partial charge in [0.1, 0.15) is 6.61 Å². The maximum atomic E-state index is 11.8. The lowest BCUT2D eigenvalue weighted by Crippen LogP contribution is -2.33. The van der Waals surface area contributed by atoms with Crippen molar-refractivity contribution < 1.29 is 27.5 Å². The van der Waals surface area contributed by atoms with Gasteiger partial charge in [0.25, 0.3) is 0 Å². The van der Waals surface area contributed by atoms with E-state index in [0.717, 1.165) is 10.0 Å². The lowest BCUT2D eigenvalue weighted by molar-refractivity contribution is -0.174. The molecule has 0 radical (unpaired) electrons. The lowest BCUT2D eigenvalue weighted by atomic mass is 10.2. The van der Waals surface area contributed by atoms with E-state index >= 15 is 0 Å².